The first-order valence-corrected chi connectivity index (χ1v) is 12.4. The average molecular weight is 522 g/mol. The lowest BCUT2D eigenvalue weighted by Crippen LogP contribution is -2.46. The van der Waals surface area contributed by atoms with Crippen molar-refractivity contribution in [3.05, 3.63) is 73.2 Å². The summed E-state index contributed by atoms with van der Waals surface area (Å²) in [6.45, 7) is 5.99. The monoisotopic (exact) mass is 521 g/mol. The second-order valence-electron chi connectivity index (χ2n) is 9.49. The van der Waals surface area contributed by atoms with Crippen LogP contribution in [0.5, 0.6) is 5.88 Å². The molecule has 4 heterocycles. The number of H-pyrrole nitrogens is 1. The van der Waals surface area contributed by atoms with Crippen LogP contribution in [0.3, 0.4) is 0 Å². The minimum absolute atomic E-state index is 0.0629. The molecule has 39 heavy (non-hydrogen) atoms. The molecule has 11 heteroatoms. The van der Waals surface area contributed by atoms with Gasteiger partial charge in [0.15, 0.2) is 0 Å². The molecule has 0 amide bonds. The zero-order valence-electron chi connectivity index (χ0n) is 21.7. The van der Waals surface area contributed by atoms with Crippen LogP contribution in [0.2, 0.25) is 0 Å². The molecule has 0 aromatic carbocycles. The minimum Gasteiger partial charge on any atom is -0.497 e. The number of nitriles is 2. The van der Waals surface area contributed by atoms with Crippen molar-refractivity contribution in [3.8, 4) is 40.5 Å². The summed E-state index contributed by atoms with van der Waals surface area (Å²) in [4.78, 5) is 4.95. The Kier molecular flexibility index (Phi) is 6.98. The molecule has 5 rings (SSSR count). The van der Waals surface area contributed by atoms with Crippen molar-refractivity contribution in [2.24, 2.45) is 5.92 Å². The van der Waals surface area contributed by atoms with Crippen molar-refractivity contribution in [2.45, 2.75) is 31.7 Å². The first kappa shape index (κ1) is 25.5. The molecule has 11 nitrogen and oxygen atoms in total. The lowest BCUT2D eigenvalue weighted by atomic mass is 9.67. The van der Waals surface area contributed by atoms with E-state index in [9.17, 15) is 10.5 Å². The number of fused-ring (bicyclic) bond motifs is 1. The number of nitrogens with one attached hydrogen (secondary N) is 1. The molecule has 0 bridgehead atoms. The molecule has 0 unspecified atom stereocenters. The van der Waals surface area contributed by atoms with Crippen molar-refractivity contribution >= 4 is 5.52 Å². The molecule has 1 fully saturated rings. The molecule has 1 N–H and O–H groups in total. The Hall–Kier alpha value is -5.16. The van der Waals surface area contributed by atoms with E-state index in [0.29, 0.717) is 54.5 Å². The number of rotatable bonds is 10. The van der Waals surface area contributed by atoms with Gasteiger partial charge in [-0.25, -0.2) is 14.6 Å². The highest BCUT2D eigenvalue weighted by Crippen LogP contribution is 2.46. The first-order chi connectivity index (χ1) is 19.0. The Morgan fingerprint density at radius 2 is 2.10 bits per heavy atom. The summed E-state index contributed by atoms with van der Waals surface area (Å²) in [7, 11) is 1.59. The first-order valence-electron chi connectivity index (χ1n) is 12.4. The van der Waals surface area contributed by atoms with E-state index in [-0.39, 0.29) is 5.92 Å². The second-order valence-corrected chi connectivity index (χ2v) is 9.49. The maximum atomic E-state index is 9.41. The number of methoxy groups -OCH3 is 1. The highest BCUT2D eigenvalue weighted by Gasteiger charge is 2.46. The third-order valence-electron chi connectivity index (χ3n) is 6.87. The zero-order valence-corrected chi connectivity index (χ0v) is 21.7. The van der Waals surface area contributed by atoms with Crippen LogP contribution in [-0.2, 0) is 10.3 Å². The Labute approximate surface area is 225 Å². The van der Waals surface area contributed by atoms with E-state index >= 15 is 0 Å². The Morgan fingerprint density at radius 3 is 2.85 bits per heavy atom. The van der Waals surface area contributed by atoms with E-state index < -0.39 is 5.54 Å². The number of ether oxygens (including phenoxy) is 2. The number of aromatic nitrogens is 7. The largest absolute Gasteiger partial charge is 0.497 e. The van der Waals surface area contributed by atoms with Gasteiger partial charge >= 0.3 is 0 Å². The topological polar surface area (TPSA) is 143 Å². The lowest BCUT2D eigenvalue weighted by Gasteiger charge is -2.43. The molecule has 0 atom stereocenters. The Balaban J connectivity index is 1.45. The molecule has 196 valence electrons. The van der Waals surface area contributed by atoms with Crippen LogP contribution in [0.25, 0.3) is 28.0 Å². The van der Waals surface area contributed by atoms with Crippen molar-refractivity contribution in [3.63, 3.8) is 0 Å². The van der Waals surface area contributed by atoms with E-state index in [1.165, 1.54) is 0 Å². The Bertz CT molecular complexity index is 1650. The Morgan fingerprint density at radius 1 is 1.26 bits per heavy atom. The normalized spacial score (nSPS) is 19.2. The third kappa shape index (κ3) is 4.90. The van der Waals surface area contributed by atoms with Gasteiger partial charge in [0.25, 0.3) is 0 Å². The summed E-state index contributed by atoms with van der Waals surface area (Å²) >= 11 is 0. The van der Waals surface area contributed by atoms with Crippen molar-refractivity contribution in [2.75, 3.05) is 13.7 Å². The van der Waals surface area contributed by atoms with Crippen LogP contribution in [0.15, 0.2) is 73.2 Å². The molecular weight excluding hydrogens is 494 g/mol. The quantitative estimate of drug-likeness (QED) is 0.236. The number of hydrogen-bond acceptors (Lipinski definition) is 8. The molecule has 1 aliphatic rings. The van der Waals surface area contributed by atoms with Gasteiger partial charge in [0.2, 0.25) is 5.88 Å². The van der Waals surface area contributed by atoms with Crippen LogP contribution < -0.4 is 4.74 Å². The summed E-state index contributed by atoms with van der Waals surface area (Å²) < 4.78 is 14.8. The molecule has 1 aliphatic carbocycles. The van der Waals surface area contributed by atoms with Crippen molar-refractivity contribution in [1.82, 2.24) is 34.6 Å². The molecule has 0 radical (unpaired) electrons. The maximum Gasteiger partial charge on any atom is 0.219 e. The lowest BCUT2D eigenvalue weighted by molar-refractivity contribution is 0.0882. The van der Waals surface area contributed by atoms with Crippen LogP contribution in [-0.4, -0.2) is 48.3 Å². The van der Waals surface area contributed by atoms with Gasteiger partial charge in [0.1, 0.15) is 12.4 Å². The number of allylic oxidation sites excluding steroid dienone is 3. The van der Waals surface area contributed by atoms with E-state index in [0.717, 1.165) is 16.7 Å². The molecular formula is C28H27N9O2. The van der Waals surface area contributed by atoms with Gasteiger partial charge in [-0.2, -0.15) is 25.8 Å². The highest BCUT2D eigenvalue weighted by molar-refractivity contribution is 5.79. The van der Waals surface area contributed by atoms with E-state index in [1.807, 2.05) is 42.2 Å². The zero-order chi connectivity index (χ0) is 27.4. The van der Waals surface area contributed by atoms with Gasteiger partial charge in [0, 0.05) is 11.8 Å². The molecule has 0 spiro atoms. The summed E-state index contributed by atoms with van der Waals surface area (Å²) in [5.41, 5.74) is 4.08. The van der Waals surface area contributed by atoms with Crippen LogP contribution in [0.4, 0.5) is 0 Å². The predicted molar refractivity (Wildman–Crippen MR) is 143 cm³/mol. The van der Waals surface area contributed by atoms with E-state index in [4.69, 9.17) is 14.5 Å². The van der Waals surface area contributed by atoms with E-state index in [1.54, 1.807) is 36.3 Å². The number of hydrogen-bond donors (Lipinski definition) is 1. The van der Waals surface area contributed by atoms with Crippen molar-refractivity contribution in [1.29, 1.82) is 10.5 Å². The minimum atomic E-state index is -0.469. The summed E-state index contributed by atoms with van der Waals surface area (Å²) in [5, 5.41) is 34.8. The van der Waals surface area contributed by atoms with Gasteiger partial charge in [-0.1, -0.05) is 12.7 Å². The van der Waals surface area contributed by atoms with Gasteiger partial charge < -0.3 is 9.47 Å². The molecule has 1 saturated carbocycles. The standard InChI is InChI=1S/C28H27N9O2/c1-4-22(38-3)6-5-19(2)18-39-27-23(15-31-35-27)24-17-36-25(7-10-32-36)26(34-24)21-14-33-37(16-21)28(8-9-29)11-20(12-28)13-30/h4-7,10,14-17,20H,1,8,11-12,18H2,2-3H3,(H,31,35)/b19-5+,22-6+. The second kappa shape index (κ2) is 10.7. The van der Waals surface area contributed by atoms with Gasteiger partial charge in [-0.05, 0) is 43.6 Å². The summed E-state index contributed by atoms with van der Waals surface area (Å²) in [5.74, 6) is 1.07. The van der Waals surface area contributed by atoms with Crippen LogP contribution in [0.1, 0.15) is 26.2 Å². The molecule has 0 saturated heterocycles. The smallest absolute Gasteiger partial charge is 0.219 e. The highest BCUT2D eigenvalue weighted by atomic mass is 16.5. The fraction of sp³-hybridized carbons (Fsp3) is 0.286. The van der Waals surface area contributed by atoms with Crippen LogP contribution in [0, 0.1) is 28.6 Å². The molecule has 4 aromatic rings. The summed E-state index contributed by atoms with van der Waals surface area (Å²) in [6.07, 6.45) is 15.7. The predicted octanol–water partition coefficient (Wildman–Crippen LogP) is 4.57. The van der Waals surface area contributed by atoms with Gasteiger partial charge in [-0.15, -0.1) is 0 Å². The third-order valence-corrected chi connectivity index (χ3v) is 6.87. The van der Waals surface area contributed by atoms with E-state index in [2.05, 4.69) is 39.1 Å². The summed E-state index contributed by atoms with van der Waals surface area (Å²) in [6, 6.07) is 6.44. The molecule has 4 aromatic heterocycles. The SMILES string of the molecule is C=C/C(=C\C=C(/C)COc1[nH]ncc1-c1cn2nccc2c(-c2cnn(C3(CC#N)CC(C#N)C3)c2)n1)OC. The fourth-order valence-electron chi connectivity index (χ4n) is 4.73. The fourth-order valence-corrected chi connectivity index (χ4v) is 4.73. The van der Waals surface area contributed by atoms with Crippen LogP contribution >= 0.6 is 0 Å². The van der Waals surface area contributed by atoms with Crippen molar-refractivity contribution < 1.29 is 9.47 Å². The number of aromatic amines is 1. The van der Waals surface area contributed by atoms with Gasteiger partial charge in [-0.3, -0.25) is 4.68 Å². The molecule has 0 aliphatic heterocycles. The maximum absolute atomic E-state index is 9.41. The van der Waals surface area contributed by atoms with Gasteiger partial charge in [0.05, 0.1) is 84.4 Å². The average Bonchev–Trinajstić information content (AvgIpc) is 3.70. The number of nitrogens with zero attached hydrogens (tertiary/aromatic N) is 8.